The van der Waals surface area contributed by atoms with Gasteiger partial charge in [0.2, 0.25) is 0 Å². The number of ether oxygens (including phenoxy) is 2. The van der Waals surface area contributed by atoms with E-state index in [1.807, 2.05) is 0 Å². The van der Waals surface area contributed by atoms with E-state index in [0.29, 0.717) is 23.6 Å². The number of methoxy groups -OCH3 is 2. The molecule has 0 fully saturated rings. The molecule has 0 bridgehead atoms. The smallest absolute Gasteiger partial charge is 0.260 e. The van der Waals surface area contributed by atoms with Crippen LogP contribution in [0.1, 0.15) is 19.4 Å². The molecule has 0 spiro atoms. The number of halogens is 2. The Morgan fingerprint density at radius 3 is 2.39 bits per heavy atom. The Morgan fingerprint density at radius 2 is 1.94 bits per heavy atom. The number of nitrogens with one attached hydrogen (secondary N) is 1. The highest BCUT2D eigenvalue weighted by atomic mass is 19.3. The minimum absolute atomic E-state index is 0.390. The van der Waals surface area contributed by atoms with E-state index in [9.17, 15) is 8.78 Å². The van der Waals surface area contributed by atoms with Crippen molar-refractivity contribution in [2.24, 2.45) is 0 Å². The molecule has 0 aliphatic heterocycles. The maximum absolute atomic E-state index is 13.3. The van der Waals surface area contributed by atoms with Crippen LogP contribution in [-0.4, -0.2) is 27.2 Å². The summed E-state index contributed by atoms with van der Waals surface area (Å²) in [4.78, 5) is 0. The van der Waals surface area contributed by atoms with Crippen molar-refractivity contribution < 1.29 is 18.3 Å². The Morgan fingerprint density at radius 1 is 1.28 bits per heavy atom. The van der Waals surface area contributed by atoms with Gasteiger partial charge in [0.1, 0.15) is 17.0 Å². The number of hydrogen-bond donors (Lipinski definition) is 1. The monoisotopic (exact) mass is 259 g/mol. The van der Waals surface area contributed by atoms with E-state index < -0.39 is 12.0 Å². The van der Waals surface area contributed by atoms with E-state index in [4.69, 9.17) is 9.47 Å². The fourth-order valence-corrected chi connectivity index (χ4v) is 1.88. The molecule has 1 aromatic carbocycles. The quantitative estimate of drug-likeness (QED) is 0.852. The summed E-state index contributed by atoms with van der Waals surface area (Å²) in [5.41, 5.74) is -1.07. The van der Waals surface area contributed by atoms with E-state index >= 15 is 0 Å². The molecule has 18 heavy (non-hydrogen) atoms. The first-order chi connectivity index (χ1) is 8.49. The molecule has 0 amide bonds. The highest BCUT2D eigenvalue weighted by Crippen LogP contribution is 2.36. The summed E-state index contributed by atoms with van der Waals surface area (Å²) in [5, 5.41) is 2.82. The van der Waals surface area contributed by atoms with Gasteiger partial charge in [0.15, 0.2) is 0 Å². The summed E-state index contributed by atoms with van der Waals surface area (Å²) in [6.07, 6.45) is -2.56. The molecule has 3 nitrogen and oxygen atoms in total. The zero-order valence-corrected chi connectivity index (χ0v) is 11.1. The summed E-state index contributed by atoms with van der Waals surface area (Å²) in [6, 6.07) is 4.89. The summed E-state index contributed by atoms with van der Waals surface area (Å²) in [5.74, 6) is 0.940. The van der Waals surface area contributed by atoms with Crippen molar-refractivity contribution in [2.75, 3.05) is 20.8 Å². The Labute approximate surface area is 106 Å². The largest absolute Gasteiger partial charge is 0.497 e. The van der Waals surface area contributed by atoms with Crippen LogP contribution in [0, 0.1) is 0 Å². The average Bonchev–Trinajstić information content (AvgIpc) is 2.37. The second-order valence-electron chi connectivity index (χ2n) is 4.10. The predicted molar refractivity (Wildman–Crippen MR) is 66.6 cm³/mol. The van der Waals surface area contributed by atoms with Crippen LogP contribution in [0.4, 0.5) is 8.78 Å². The van der Waals surface area contributed by atoms with Crippen LogP contribution in [0.2, 0.25) is 0 Å². The van der Waals surface area contributed by atoms with E-state index in [1.165, 1.54) is 21.1 Å². The lowest BCUT2D eigenvalue weighted by molar-refractivity contribution is 0.0379. The lowest BCUT2D eigenvalue weighted by Gasteiger charge is -2.31. The Hall–Kier alpha value is -1.36. The van der Waals surface area contributed by atoms with Gasteiger partial charge in [0.25, 0.3) is 6.43 Å². The van der Waals surface area contributed by atoms with E-state index in [1.54, 1.807) is 25.1 Å². The molecule has 1 rings (SSSR count). The second kappa shape index (κ2) is 6.00. The lowest BCUT2D eigenvalue weighted by atomic mass is 9.91. The number of rotatable bonds is 6. The lowest BCUT2D eigenvalue weighted by Crippen LogP contribution is -2.45. The average molecular weight is 259 g/mol. The Balaban J connectivity index is 3.33. The molecule has 0 radical (unpaired) electrons. The first kappa shape index (κ1) is 14.7. The van der Waals surface area contributed by atoms with Gasteiger partial charge in [0.05, 0.1) is 14.2 Å². The molecule has 1 N–H and O–H groups in total. The minimum atomic E-state index is -2.56. The molecule has 0 aromatic heterocycles. The van der Waals surface area contributed by atoms with Crippen LogP contribution in [-0.2, 0) is 5.54 Å². The number of alkyl halides is 2. The SMILES string of the molecule is CCNC(C)(c1cc(OC)ccc1OC)C(F)F. The van der Waals surface area contributed by atoms with Gasteiger partial charge in [-0.05, 0) is 31.7 Å². The van der Waals surface area contributed by atoms with Gasteiger partial charge < -0.3 is 14.8 Å². The molecule has 1 atom stereocenters. The van der Waals surface area contributed by atoms with Crippen LogP contribution in [0.5, 0.6) is 11.5 Å². The minimum Gasteiger partial charge on any atom is -0.497 e. The van der Waals surface area contributed by atoms with Crippen LogP contribution in [0.25, 0.3) is 0 Å². The Bertz CT molecular complexity index is 399. The standard InChI is InChI=1S/C13H19F2NO2/c1-5-16-13(2,12(14)15)10-8-9(17-3)6-7-11(10)18-4/h6-8,12,16H,5H2,1-4H3. The van der Waals surface area contributed by atoms with E-state index in [2.05, 4.69) is 5.32 Å². The summed E-state index contributed by atoms with van der Waals surface area (Å²) in [6.45, 7) is 3.67. The van der Waals surface area contributed by atoms with Crippen molar-refractivity contribution in [2.45, 2.75) is 25.8 Å². The van der Waals surface area contributed by atoms with Gasteiger partial charge in [-0.2, -0.15) is 0 Å². The molecule has 0 aliphatic carbocycles. The van der Waals surface area contributed by atoms with Crippen LogP contribution in [0.15, 0.2) is 18.2 Å². The van der Waals surface area contributed by atoms with Gasteiger partial charge in [0, 0.05) is 5.56 Å². The van der Waals surface area contributed by atoms with E-state index in [0.717, 1.165) is 0 Å². The molecule has 102 valence electrons. The third kappa shape index (κ3) is 2.72. The number of benzene rings is 1. The molecule has 0 heterocycles. The van der Waals surface area contributed by atoms with Gasteiger partial charge in [-0.1, -0.05) is 6.92 Å². The van der Waals surface area contributed by atoms with Crippen LogP contribution >= 0.6 is 0 Å². The van der Waals surface area contributed by atoms with Gasteiger partial charge in [-0.25, -0.2) is 8.78 Å². The van der Waals surface area contributed by atoms with Crippen molar-refractivity contribution >= 4 is 0 Å². The summed E-state index contributed by atoms with van der Waals surface area (Å²) >= 11 is 0. The third-order valence-electron chi connectivity index (χ3n) is 2.95. The highest BCUT2D eigenvalue weighted by molar-refractivity contribution is 5.44. The molecule has 0 saturated carbocycles. The van der Waals surface area contributed by atoms with Crippen molar-refractivity contribution in [3.8, 4) is 11.5 Å². The van der Waals surface area contributed by atoms with Crippen LogP contribution < -0.4 is 14.8 Å². The third-order valence-corrected chi connectivity index (χ3v) is 2.95. The summed E-state index contributed by atoms with van der Waals surface area (Å²) < 4.78 is 36.9. The van der Waals surface area contributed by atoms with Crippen molar-refractivity contribution in [1.82, 2.24) is 5.32 Å². The van der Waals surface area contributed by atoms with Crippen molar-refractivity contribution in [1.29, 1.82) is 0 Å². The molecule has 1 unspecified atom stereocenters. The first-order valence-electron chi connectivity index (χ1n) is 5.75. The van der Waals surface area contributed by atoms with Gasteiger partial charge in [-0.15, -0.1) is 0 Å². The fraction of sp³-hybridized carbons (Fsp3) is 0.538. The molecule has 0 saturated heterocycles. The number of hydrogen-bond acceptors (Lipinski definition) is 3. The first-order valence-corrected chi connectivity index (χ1v) is 5.75. The molecular weight excluding hydrogens is 240 g/mol. The molecular formula is C13H19F2NO2. The molecule has 0 aliphatic rings. The highest BCUT2D eigenvalue weighted by Gasteiger charge is 2.38. The van der Waals surface area contributed by atoms with Crippen LogP contribution in [0.3, 0.4) is 0 Å². The van der Waals surface area contributed by atoms with Crippen molar-refractivity contribution in [3.63, 3.8) is 0 Å². The van der Waals surface area contributed by atoms with Crippen molar-refractivity contribution in [3.05, 3.63) is 23.8 Å². The predicted octanol–water partition coefficient (Wildman–Crippen LogP) is 2.79. The summed E-state index contributed by atoms with van der Waals surface area (Å²) in [7, 11) is 2.96. The fourth-order valence-electron chi connectivity index (χ4n) is 1.88. The van der Waals surface area contributed by atoms with Gasteiger partial charge in [-0.3, -0.25) is 0 Å². The maximum atomic E-state index is 13.3. The Kier molecular flexibility index (Phi) is 4.90. The zero-order chi connectivity index (χ0) is 13.8. The maximum Gasteiger partial charge on any atom is 0.260 e. The molecule has 5 heteroatoms. The van der Waals surface area contributed by atoms with Gasteiger partial charge >= 0.3 is 0 Å². The zero-order valence-electron chi connectivity index (χ0n) is 11.1. The molecule has 1 aromatic rings. The van der Waals surface area contributed by atoms with E-state index in [-0.39, 0.29) is 0 Å². The normalized spacial score (nSPS) is 14.4. The second-order valence-corrected chi connectivity index (χ2v) is 4.10. The topological polar surface area (TPSA) is 30.5 Å².